The fourth-order valence-electron chi connectivity index (χ4n) is 3.01. The summed E-state index contributed by atoms with van der Waals surface area (Å²) in [5, 5.41) is 9.39. The Morgan fingerprint density at radius 1 is 1.35 bits per heavy atom. The predicted molar refractivity (Wildman–Crippen MR) is 89.5 cm³/mol. The van der Waals surface area contributed by atoms with E-state index in [1.165, 1.54) is 11.1 Å². The molecule has 0 saturated heterocycles. The first-order chi connectivity index (χ1) is 11.1. The van der Waals surface area contributed by atoms with Crippen LogP contribution in [0.1, 0.15) is 43.1 Å². The van der Waals surface area contributed by atoms with Crippen molar-refractivity contribution < 1.29 is 4.79 Å². The summed E-state index contributed by atoms with van der Waals surface area (Å²) in [6, 6.07) is 6.99. The molecule has 1 atom stereocenters. The number of nitrogens with zero attached hydrogens (tertiary/aromatic N) is 3. The van der Waals surface area contributed by atoms with Crippen LogP contribution in [0.25, 0.3) is 10.8 Å². The maximum atomic E-state index is 12.5. The Hall–Kier alpha value is -2.50. The number of fused-ring (bicyclic) bond motifs is 1. The van der Waals surface area contributed by atoms with Crippen molar-refractivity contribution in [2.75, 3.05) is 0 Å². The summed E-state index contributed by atoms with van der Waals surface area (Å²) in [5.74, 6) is 0.221. The van der Waals surface area contributed by atoms with Crippen molar-refractivity contribution in [3.05, 3.63) is 40.3 Å². The van der Waals surface area contributed by atoms with Gasteiger partial charge < -0.3 is 0 Å². The van der Waals surface area contributed by atoms with Crippen molar-refractivity contribution in [1.29, 1.82) is 0 Å². The molecule has 6 nitrogen and oxygen atoms in total. The summed E-state index contributed by atoms with van der Waals surface area (Å²) in [4.78, 5) is 24.5. The highest BCUT2D eigenvalue weighted by Crippen LogP contribution is 2.21. The zero-order valence-electron chi connectivity index (χ0n) is 13.4. The van der Waals surface area contributed by atoms with Crippen molar-refractivity contribution in [3.63, 3.8) is 0 Å². The average molecular weight is 312 g/mol. The number of amides is 1. The molecular formula is C17H20N4O2. The molecule has 3 rings (SSSR count). The van der Waals surface area contributed by atoms with Crippen LogP contribution in [0, 0.1) is 5.92 Å². The van der Waals surface area contributed by atoms with E-state index in [9.17, 15) is 9.59 Å². The maximum absolute atomic E-state index is 12.5. The molecule has 23 heavy (non-hydrogen) atoms. The van der Waals surface area contributed by atoms with E-state index in [1.807, 2.05) is 0 Å². The lowest BCUT2D eigenvalue weighted by Crippen LogP contribution is -2.28. The fourth-order valence-corrected chi connectivity index (χ4v) is 3.01. The molecular weight excluding hydrogens is 292 g/mol. The SMILES string of the molecule is C[C@@H]1CCC/C(=N/NC(=O)c2nn(C)c(=O)c3ccccc23)C1. The second-order valence-electron chi connectivity index (χ2n) is 6.14. The number of rotatable bonds is 2. The van der Waals surface area contributed by atoms with Crippen LogP contribution in [0.4, 0.5) is 0 Å². The van der Waals surface area contributed by atoms with Crippen LogP contribution in [0.2, 0.25) is 0 Å². The van der Waals surface area contributed by atoms with Crippen LogP contribution in [0.5, 0.6) is 0 Å². The normalized spacial score (nSPS) is 19.9. The number of nitrogens with one attached hydrogen (secondary N) is 1. The fraction of sp³-hybridized carbons (Fsp3) is 0.412. The van der Waals surface area contributed by atoms with Crippen LogP contribution < -0.4 is 11.0 Å². The highest BCUT2D eigenvalue weighted by Gasteiger charge is 2.17. The molecule has 120 valence electrons. The molecule has 1 saturated carbocycles. The Morgan fingerprint density at radius 2 is 2.09 bits per heavy atom. The van der Waals surface area contributed by atoms with Gasteiger partial charge in [0.15, 0.2) is 5.69 Å². The number of carbonyl (C=O) groups is 1. The number of hydrogen-bond donors (Lipinski definition) is 1. The Bertz CT molecular complexity index is 838. The minimum atomic E-state index is -0.387. The number of hydrazone groups is 1. The summed E-state index contributed by atoms with van der Waals surface area (Å²) in [6.45, 7) is 2.19. The molecule has 6 heteroatoms. The molecule has 1 heterocycles. The van der Waals surface area contributed by atoms with Crippen LogP contribution in [0.15, 0.2) is 34.2 Å². The molecule has 1 aliphatic carbocycles. The molecule has 0 unspecified atom stereocenters. The van der Waals surface area contributed by atoms with Crippen LogP contribution in [0.3, 0.4) is 0 Å². The number of carbonyl (C=O) groups excluding carboxylic acids is 1. The zero-order chi connectivity index (χ0) is 16.4. The number of aryl methyl sites for hydroxylation is 1. The third-order valence-corrected chi connectivity index (χ3v) is 4.23. The quantitative estimate of drug-likeness (QED) is 0.864. The Kier molecular flexibility index (Phi) is 4.23. The first kappa shape index (κ1) is 15.4. The number of aromatic nitrogens is 2. The van der Waals surface area contributed by atoms with E-state index < -0.39 is 0 Å². The smallest absolute Gasteiger partial charge is 0.267 e. The highest BCUT2D eigenvalue weighted by atomic mass is 16.2. The van der Waals surface area contributed by atoms with Gasteiger partial charge >= 0.3 is 0 Å². The van der Waals surface area contributed by atoms with Crippen LogP contribution >= 0.6 is 0 Å². The van der Waals surface area contributed by atoms with Gasteiger partial charge in [0.25, 0.3) is 11.5 Å². The topological polar surface area (TPSA) is 76.3 Å². The second kappa shape index (κ2) is 6.32. The minimum absolute atomic E-state index is 0.218. The lowest BCUT2D eigenvalue weighted by atomic mass is 9.89. The molecule has 1 fully saturated rings. The Labute approximate surface area is 134 Å². The third kappa shape index (κ3) is 3.16. The van der Waals surface area contributed by atoms with Gasteiger partial charge in [-0.3, -0.25) is 9.59 Å². The predicted octanol–water partition coefficient (Wildman–Crippen LogP) is 2.23. The maximum Gasteiger partial charge on any atom is 0.292 e. The second-order valence-corrected chi connectivity index (χ2v) is 6.14. The van der Waals surface area contributed by atoms with Gasteiger partial charge in [-0.25, -0.2) is 10.1 Å². The highest BCUT2D eigenvalue weighted by molar-refractivity contribution is 6.05. The van der Waals surface area contributed by atoms with E-state index in [1.54, 1.807) is 31.3 Å². The van der Waals surface area contributed by atoms with Gasteiger partial charge in [-0.1, -0.05) is 25.1 Å². The van der Waals surface area contributed by atoms with Crippen molar-refractivity contribution in [2.24, 2.45) is 18.1 Å². The summed E-state index contributed by atoms with van der Waals surface area (Å²) >= 11 is 0. The van der Waals surface area contributed by atoms with Gasteiger partial charge in [0, 0.05) is 18.1 Å². The molecule has 2 aromatic rings. The molecule has 1 N–H and O–H groups in total. The summed E-state index contributed by atoms with van der Waals surface area (Å²) in [7, 11) is 1.54. The zero-order valence-corrected chi connectivity index (χ0v) is 13.4. The largest absolute Gasteiger partial charge is 0.292 e. The molecule has 1 aliphatic rings. The Balaban J connectivity index is 1.91. The first-order valence-corrected chi connectivity index (χ1v) is 7.88. The molecule has 0 bridgehead atoms. The standard InChI is InChI=1S/C17H20N4O2/c1-11-6-5-7-12(10-11)18-19-16(22)15-13-8-3-4-9-14(13)17(23)21(2)20-15/h3-4,8-9,11H,5-7,10H2,1-2H3,(H,19,22)/b18-12-/t11-/m1/s1. The molecule has 1 aromatic carbocycles. The minimum Gasteiger partial charge on any atom is -0.267 e. The van der Waals surface area contributed by atoms with E-state index in [4.69, 9.17) is 0 Å². The third-order valence-electron chi connectivity index (χ3n) is 4.23. The molecule has 0 radical (unpaired) electrons. The van der Waals surface area contributed by atoms with Gasteiger partial charge in [0.05, 0.1) is 5.39 Å². The van der Waals surface area contributed by atoms with Gasteiger partial charge in [-0.05, 0) is 37.7 Å². The van der Waals surface area contributed by atoms with E-state index in [0.717, 1.165) is 25.0 Å². The van der Waals surface area contributed by atoms with Gasteiger partial charge in [0.2, 0.25) is 0 Å². The van der Waals surface area contributed by atoms with E-state index >= 15 is 0 Å². The van der Waals surface area contributed by atoms with E-state index in [0.29, 0.717) is 16.7 Å². The summed E-state index contributed by atoms with van der Waals surface area (Å²) in [5.41, 5.74) is 3.62. The van der Waals surface area contributed by atoms with Crippen LogP contribution in [-0.2, 0) is 7.05 Å². The van der Waals surface area contributed by atoms with Gasteiger partial charge in [-0.15, -0.1) is 0 Å². The molecule has 1 amide bonds. The van der Waals surface area contributed by atoms with Crippen molar-refractivity contribution in [1.82, 2.24) is 15.2 Å². The van der Waals surface area contributed by atoms with Crippen LogP contribution in [-0.4, -0.2) is 21.4 Å². The van der Waals surface area contributed by atoms with E-state index in [-0.39, 0.29) is 17.2 Å². The molecule has 0 aliphatic heterocycles. The van der Waals surface area contributed by atoms with E-state index in [2.05, 4.69) is 22.5 Å². The molecule has 1 aromatic heterocycles. The lowest BCUT2D eigenvalue weighted by molar-refractivity contribution is 0.0949. The van der Waals surface area contributed by atoms with Gasteiger partial charge in [-0.2, -0.15) is 10.2 Å². The molecule has 0 spiro atoms. The van der Waals surface area contributed by atoms with Crippen molar-refractivity contribution in [2.45, 2.75) is 32.6 Å². The Morgan fingerprint density at radius 3 is 2.83 bits per heavy atom. The average Bonchev–Trinajstić information content (AvgIpc) is 2.56. The van der Waals surface area contributed by atoms with Crippen molar-refractivity contribution >= 4 is 22.4 Å². The number of hydrogen-bond acceptors (Lipinski definition) is 4. The summed E-state index contributed by atoms with van der Waals surface area (Å²) in [6.07, 6.45) is 4.16. The monoisotopic (exact) mass is 312 g/mol. The lowest BCUT2D eigenvalue weighted by Gasteiger charge is -2.18. The van der Waals surface area contributed by atoms with Gasteiger partial charge in [0.1, 0.15) is 0 Å². The first-order valence-electron chi connectivity index (χ1n) is 7.88. The number of benzene rings is 1. The summed E-state index contributed by atoms with van der Waals surface area (Å²) < 4.78 is 1.19. The van der Waals surface area contributed by atoms with Crippen molar-refractivity contribution in [3.8, 4) is 0 Å².